The van der Waals surface area contributed by atoms with Gasteiger partial charge in [0.05, 0.1) is 12.5 Å². The van der Waals surface area contributed by atoms with Crippen LogP contribution in [-0.2, 0) is 14.3 Å². The van der Waals surface area contributed by atoms with Crippen molar-refractivity contribution in [2.75, 3.05) is 13.7 Å². The molecule has 2 rings (SSSR count). The van der Waals surface area contributed by atoms with Gasteiger partial charge in [0.2, 0.25) is 0 Å². The summed E-state index contributed by atoms with van der Waals surface area (Å²) in [5.74, 6) is -1.88. The fraction of sp³-hybridized carbons (Fsp3) is 0.600. The van der Waals surface area contributed by atoms with Crippen LogP contribution in [0.3, 0.4) is 0 Å². The lowest BCUT2D eigenvalue weighted by atomic mass is 10.0. The van der Waals surface area contributed by atoms with Gasteiger partial charge in [-0.3, -0.25) is 4.79 Å². The predicted octanol–water partition coefficient (Wildman–Crippen LogP) is 5.07. The number of hydrogen-bond acceptors (Lipinski definition) is 4. The Kier molecular flexibility index (Phi) is 9.67. The lowest BCUT2D eigenvalue weighted by molar-refractivity contribution is -0.212. The van der Waals surface area contributed by atoms with E-state index in [1.165, 1.54) is 7.11 Å². The summed E-state index contributed by atoms with van der Waals surface area (Å²) < 4.78 is 11.1. The molecule has 1 aromatic carbocycles. The highest BCUT2D eigenvalue weighted by molar-refractivity contribution is 7.80. The van der Waals surface area contributed by atoms with E-state index < -0.39 is 17.9 Å². The number of methoxy groups -OCH3 is 1. The quantitative estimate of drug-likeness (QED) is 0.495. The van der Waals surface area contributed by atoms with E-state index in [1.54, 1.807) is 13.8 Å². The smallest absolute Gasteiger partial charge is 0.306 e. The van der Waals surface area contributed by atoms with Gasteiger partial charge in [-0.1, -0.05) is 49.8 Å². The predicted molar refractivity (Wildman–Crippen MR) is 112 cm³/mol. The van der Waals surface area contributed by atoms with Crippen molar-refractivity contribution in [2.24, 2.45) is 0 Å². The van der Waals surface area contributed by atoms with Gasteiger partial charge < -0.3 is 19.5 Å². The lowest BCUT2D eigenvalue weighted by Crippen LogP contribution is -2.44. The number of carboxylic acid groups (broad SMARTS) is 1. The van der Waals surface area contributed by atoms with Crippen molar-refractivity contribution in [3.05, 3.63) is 34.9 Å². The molecule has 1 heterocycles. The summed E-state index contributed by atoms with van der Waals surface area (Å²) in [6.45, 7) is 8.24. The molecule has 1 aliphatic rings. The molecule has 27 heavy (non-hydrogen) atoms. The van der Waals surface area contributed by atoms with Crippen molar-refractivity contribution < 1.29 is 19.4 Å². The fourth-order valence-corrected chi connectivity index (χ4v) is 3.55. The molecule has 1 fully saturated rings. The first-order valence-corrected chi connectivity index (χ1v) is 10.0. The van der Waals surface area contributed by atoms with E-state index in [2.05, 4.69) is 4.90 Å². The molecule has 1 aliphatic heterocycles. The Balaban J connectivity index is 0.00000176. The van der Waals surface area contributed by atoms with Crippen molar-refractivity contribution >= 4 is 34.8 Å². The summed E-state index contributed by atoms with van der Waals surface area (Å²) in [5, 5.41) is 9.92. The minimum atomic E-state index is -0.960. The Morgan fingerprint density at radius 2 is 2.11 bits per heavy atom. The number of thiocarbonyl (C=S) groups is 1. The molecular formula is C20H30ClNO4S. The summed E-state index contributed by atoms with van der Waals surface area (Å²) in [6.07, 6.45) is 0.977. The van der Waals surface area contributed by atoms with Crippen LogP contribution >= 0.6 is 23.8 Å². The second-order valence-electron chi connectivity index (χ2n) is 6.55. The SMILES string of the molecule is CC.COC(C)(C)O[C@H](CC(=O)O)C(=S)N1CCCC1c1cccc(Cl)c1. The minimum Gasteiger partial charge on any atom is -0.481 e. The first-order chi connectivity index (χ1) is 12.7. The molecule has 5 nitrogen and oxygen atoms in total. The average molecular weight is 416 g/mol. The molecule has 1 unspecified atom stereocenters. The Morgan fingerprint density at radius 1 is 1.44 bits per heavy atom. The van der Waals surface area contributed by atoms with E-state index in [0.29, 0.717) is 10.0 Å². The van der Waals surface area contributed by atoms with Gasteiger partial charge in [0.25, 0.3) is 0 Å². The number of halogens is 1. The number of nitrogens with zero attached hydrogens (tertiary/aromatic N) is 1. The Bertz CT molecular complexity index is 638. The average Bonchev–Trinajstić information content (AvgIpc) is 3.11. The third-order valence-electron chi connectivity index (χ3n) is 4.32. The van der Waals surface area contributed by atoms with Crippen LogP contribution in [0.2, 0.25) is 5.02 Å². The van der Waals surface area contributed by atoms with E-state index in [1.807, 2.05) is 38.1 Å². The van der Waals surface area contributed by atoms with Gasteiger partial charge in [-0.25, -0.2) is 0 Å². The van der Waals surface area contributed by atoms with Gasteiger partial charge in [0.15, 0.2) is 5.79 Å². The monoisotopic (exact) mass is 415 g/mol. The molecular weight excluding hydrogens is 386 g/mol. The Hall–Kier alpha value is -1.21. The third-order valence-corrected chi connectivity index (χ3v) is 5.05. The molecule has 2 atom stereocenters. The normalized spacial score (nSPS) is 17.9. The maximum absolute atomic E-state index is 11.3. The number of likely N-dealkylation sites (tertiary alicyclic amines) is 1. The molecule has 0 amide bonds. The van der Waals surface area contributed by atoms with E-state index in [0.717, 1.165) is 24.9 Å². The molecule has 7 heteroatoms. The summed E-state index contributed by atoms with van der Waals surface area (Å²) >= 11 is 11.7. The van der Waals surface area contributed by atoms with Crippen molar-refractivity contribution in [2.45, 2.75) is 64.9 Å². The summed E-state index contributed by atoms with van der Waals surface area (Å²) in [5.41, 5.74) is 1.08. The van der Waals surface area contributed by atoms with E-state index in [-0.39, 0.29) is 12.5 Å². The zero-order valence-electron chi connectivity index (χ0n) is 16.7. The molecule has 0 spiro atoms. The van der Waals surface area contributed by atoms with E-state index in [4.69, 9.17) is 33.3 Å². The van der Waals surface area contributed by atoms with Crippen molar-refractivity contribution in [1.29, 1.82) is 0 Å². The number of carboxylic acids is 1. The van der Waals surface area contributed by atoms with Gasteiger partial charge in [-0.15, -0.1) is 0 Å². The van der Waals surface area contributed by atoms with Crippen LogP contribution in [0.25, 0.3) is 0 Å². The largest absolute Gasteiger partial charge is 0.481 e. The topological polar surface area (TPSA) is 59.0 Å². The number of ether oxygens (including phenoxy) is 2. The Morgan fingerprint density at radius 3 is 2.67 bits per heavy atom. The number of benzene rings is 1. The Labute approximate surface area is 172 Å². The maximum atomic E-state index is 11.3. The molecule has 0 radical (unpaired) electrons. The number of rotatable bonds is 7. The first-order valence-electron chi connectivity index (χ1n) is 9.24. The molecule has 0 aromatic heterocycles. The summed E-state index contributed by atoms with van der Waals surface area (Å²) in [4.78, 5) is 13.8. The van der Waals surface area contributed by atoms with Gasteiger partial charge in [-0.05, 0) is 44.4 Å². The molecule has 1 aromatic rings. The van der Waals surface area contributed by atoms with Crippen molar-refractivity contribution in [3.63, 3.8) is 0 Å². The summed E-state index contributed by atoms with van der Waals surface area (Å²) in [6, 6.07) is 7.77. The minimum absolute atomic E-state index is 0.0803. The molecule has 1 saturated heterocycles. The zero-order valence-corrected chi connectivity index (χ0v) is 18.3. The van der Waals surface area contributed by atoms with Gasteiger partial charge in [0.1, 0.15) is 11.1 Å². The second-order valence-corrected chi connectivity index (χ2v) is 7.41. The highest BCUT2D eigenvalue weighted by Gasteiger charge is 2.35. The third kappa shape index (κ3) is 7.03. The zero-order chi connectivity index (χ0) is 20.6. The standard InChI is InChI=1S/C18H24ClNO4S.C2H6/c1-18(2,23-3)24-15(11-16(21)22)17(25)20-9-5-8-14(20)12-6-4-7-13(19)10-12;1-2/h4,6-7,10,14-15H,5,8-9,11H2,1-3H3,(H,21,22);1-2H3/t14?,15-;/m1./s1. The lowest BCUT2D eigenvalue weighted by Gasteiger charge is -2.35. The summed E-state index contributed by atoms with van der Waals surface area (Å²) in [7, 11) is 1.52. The highest BCUT2D eigenvalue weighted by Crippen LogP contribution is 2.35. The van der Waals surface area contributed by atoms with Crippen LogP contribution in [0.1, 0.15) is 58.6 Å². The van der Waals surface area contributed by atoms with Gasteiger partial charge >= 0.3 is 5.97 Å². The molecule has 0 bridgehead atoms. The van der Waals surface area contributed by atoms with Crippen LogP contribution in [-0.4, -0.2) is 46.5 Å². The second kappa shape index (κ2) is 11.0. The van der Waals surface area contributed by atoms with Crippen LogP contribution in [0.4, 0.5) is 0 Å². The molecule has 0 aliphatic carbocycles. The van der Waals surface area contributed by atoms with Crippen LogP contribution in [0.15, 0.2) is 24.3 Å². The molecule has 1 N–H and O–H groups in total. The number of aliphatic carboxylic acids is 1. The van der Waals surface area contributed by atoms with Gasteiger partial charge in [0, 0.05) is 18.7 Å². The maximum Gasteiger partial charge on any atom is 0.306 e. The molecule has 0 saturated carbocycles. The number of carbonyl (C=O) groups is 1. The molecule has 152 valence electrons. The highest BCUT2D eigenvalue weighted by atomic mass is 35.5. The van der Waals surface area contributed by atoms with Crippen LogP contribution in [0, 0.1) is 0 Å². The fourth-order valence-electron chi connectivity index (χ4n) is 3.00. The van der Waals surface area contributed by atoms with Gasteiger partial charge in [-0.2, -0.15) is 0 Å². The van der Waals surface area contributed by atoms with E-state index >= 15 is 0 Å². The number of hydrogen-bond donors (Lipinski definition) is 1. The van der Waals surface area contributed by atoms with Crippen LogP contribution in [0.5, 0.6) is 0 Å². The first kappa shape index (κ1) is 23.8. The van der Waals surface area contributed by atoms with Crippen molar-refractivity contribution in [3.8, 4) is 0 Å². The van der Waals surface area contributed by atoms with E-state index in [9.17, 15) is 9.90 Å². The van der Waals surface area contributed by atoms with Crippen LogP contribution < -0.4 is 0 Å². The van der Waals surface area contributed by atoms with Crippen molar-refractivity contribution in [1.82, 2.24) is 4.90 Å².